The highest BCUT2D eigenvalue weighted by molar-refractivity contribution is 6.21. The fourth-order valence-corrected chi connectivity index (χ4v) is 6.73. The number of rotatable bonds is 5. The molecule has 0 fully saturated rings. The molecule has 0 amide bonds. The lowest BCUT2D eigenvalue weighted by molar-refractivity contribution is 0.673. The summed E-state index contributed by atoms with van der Waals surface area (Å²) in [6.07, 6.45) is 11.4. The van der Waals surface area contributed by atoms with Crippen molar-refractivity contribution in [1.82, 2.24) is 0 Å². The van der Waals surface area contributed by atoms with Crippen molar-refractivity contribution >= 4 is 55.6 Å². The molecule has 0 saturated heterocycles. The maximum atomic E-state index is 2.47. The molecule has 0 spiro atoms. The second-order valence-electron chi connectivity index (χ2n) is 11.9. The molecule has 0 atom stereocenters. The largest absolute Gasteiger partial charge is 0.0838 e. The van der Waals surface area contributed by atoms with Gasteiger partial charge in [-0.3, -0.25) is 0 Å². The predicted molar refractivity (Wildman–Crippen MR) is 185 cm³/mol. The van der Waals surface area contributed by atoms with Crippen LogP contribution < -0.4 is 10.4 Å². The summed E-state index contributed by atoms with van der Waals surface area (Å²) in [4.78, 5) is 0. The Bertz CT molecular complexity index is 2170. The molecular weight excluding hydrogens is 504 g/mol. The Balaban J connectivity index is 1.60. The van der Waals surface area contributed by atoms with Crippen molar-refractivity contribution in [2.75, 3.05) is 0 Å². The smallest absolute Gasteiger partial charge is 0.00261 e. The van der Waals surface area contributed by atoms with Crippen LogP contribution in [0.25, 0.3) is 66.7 Å². The Morgan fingerprint density at radius 2 is 1.33 bits per heavy atom. The van der Waals surface area contributed by atoms with Gasteiger partial charge in [-0.15, -0.1) is 0 Å². The van der Waals surface area contributed by atoms with Crippen molar-refractivity contribution in [1.29, 1.82) is 0 Å². The summed E-state index contributed by atoms with van der Waals surface area (Å²) in [5.41, 5.74) is 7.94. The Labute approximate surface area is 248 Å². The van der Waals surface area contributed by atoms with Crippen LogP contribution >= 0.6 is 0 Å². The molecule has 7 rings (SSSR count). The molecule has 1 aliphatic carbocycles. The fraction of sp³-hybridized carbons (Fsp3) is 0.143. The molecule has 0 radical (unpaired) electrons. The average molecular weight is 541 g/mol. The number of allylic oxidation sites excluding steroid dienone is 4. The lowest BCUT2D eigenvalue weighted by atomic mass is 9.83. The zero-order valence-corrected chi connectivity index (χ0v) is 24.7. The molecule has 0 bridgehead atoms. The summed E-state index contributed by atoms with van der Waals surface area (Å²) in [6.45, 7) is 6.79. The van der Waals surface area contributed by atoms with Crippen LogP contribution in [0.3, 0.4) is 0 Å². The van der Waals surface area contributed by atoms with Gasteiger partial charge in [-0.2, -0.15) is 0 Å². The number of fused-ring (bicyclic) bond motifs is 4. The van der Waals surface area contributed by atoms with Gasteiger partial charge in [-0.05, 0) is 120 Å². The molecule has 0 heteroatoms. The Kier molecular flexibility index (Phi) is 6.84. The SMILES string of the molecule is C/C=C(\CC(C)C)c1ccc2c(-c3ccc4ccccc4c3)c3ccccc3c(C3=CCC=c4ccccc4=C3)c2c1. The average Bonchev–Trinajstić information content (AvgIpc) is 3.24. The van der Waals surface area contributed by atoms with E-state index in [4.69, 9.17) is 0 Å². The molecule has 0 aromatic heterocycles. The van der Waals surface area contributed by atoms with Gasteiger partial charge in [0.1, 0.15) is 0 Å². The minimum atomic E-state index is 0.598. The summed E-state index contributed by atoms with van der Waals surface area (Å²) in [7, 11) is 0. The second kappa shape index (κ2) is 11.0. The molecule has 0 nitrogen and oxygen atoms in total. The number of hydrogen-bond acceptors (Lipinski definition) is 0. The van der Waals surface area contributed by atoms with Crippen LogP contribution in [-0.2, 0) is 0 Å². The van der Waals surface area contributed by atoms with Gasteiger partial charge in [0.15, 0.2) is 0 Å². The molecular formula is C42H36. The summed E-state index contributed by atoms with van der Waals surface area (Å²) < 4.78 is 0. The van der Waals surface area contributed by atoms with Crippen molar-refractivity contribution < 1.29 is 0 Å². The summed E-state index contributed by atoms with van der Waals surface area (Å²) in [5.74, 6) is 0.598. The third-order valence-corrected chi connectivity index (χ3v) is 8.68. The molecule has 0 unspecified atom stereocenters. The lowest BCUT2D eigenvalue weighted by Gasteiger charge is -2.20. The first kappa shape index (κ1) is 26.2. The molecule has 6 aromatic carbocycles. The summed E-state index contributed by atoms with van der Waals surface area (Å²) >= 11 is 0. The van der Waals surface area contributed by atoms with Crippen LogP contribution in [-0.4, -0.2) is 0 Å². The topological polar surface area (TPSA) is 0 Å². The quantitative estimate of drug-likeness (QED) is 0.191. The Hall–Kier alpha value is -4.68. The van der Waals surface area contributed by atoms with Gasteiger partial charge in [0.25, 0.3) is 0 Å². The molecule has 1 aliphatic rings. The standard InChI is InChI=1S/C42H36/c1-4-29(24-28(2)3)34-22-23-39-40(27-34)42(35-17-11-16-30-12-5-7-14-32(30)25-35)38-19-10-9-18-37(38)41(39)36-21-20-31-13-6-8-15-33(31)26-36/h4-10,12-23,25-28H,11,24H2,1-3H3/b29-4+. The third kappa shape index (κ3) is 4.68. The van der Waals surface area contributed by atoms with Gasteiger partial charge in [0.05, 0.1) is 0 Å². The minimum absolute atomic E-state index is 0.598. The van der Waals surface area contributed by atoms with E-state index >= 15 is 0 Å². The minimum Gasteiger partial charge on any atom is -0.0838 e. The molecule has 6 aromatic rings. The fourth-order valence-electron chi connectivity index (χ4n) is 6.73. The van der Waals surface area contributed by atoms with Gasteiger partial charge >= 0.3 is 0 Å². The van der Waals surface area contributed by atoms with E-state index in [1.54, 1.807) is 0 Å². The Morgan fingerprint density at radius 3 is 2.12 bits per heavy atom. The normalized spacial score (nSPS) is 13.5. The first-order chi connectivity index (χ1) is 20.6. The predicted octanol–water partition coefficient (Wildman–Crippen LogP) is 10.3. The van der Waals surface area contributed by atoms with Crippen LogP contribution in [0, 0.1) is 5.92 Å². The first-order valence-corrected chi connectivity index (χ1v) is 15.2. The molecule has 42 heavy (non-hydrogen) atoms. The van der Waals surface area contributed by atoms with E-state index in [0.717, 1.165) is 12.8 Å². The Morgan fingerprint density at radius 1 is 0.643 bits per heavy atom. The van der Waals surface area contributed by atoms with Crippen molar-refractivity contribution in [3.8, 4) is 11.1 Å². The monoisotopic (exact) mass is 540 g/mol. The molecule has 0 saturated carbocycles. The third-order valence-electron chi connectivity index (χ3n) is 8.68. The number of hydrogen-bond donors (Lipinski definition) is 0. The van der Waals surface area contributed by atoms with E-state index in [9.17, 15) is 0 Å². The van der Waals surface area contributed by atoms with Crippen molar-refractivity contribution in [2.24, 2.45) is 5.92 Å². The molecule has 204 valence electrons. The molecule has 0 aliphatic heterocycles. The van der Waals surface area contributed by atoms with Gasteiger partial charge in [0.2, 0.25) is 0 Å². The van der Waals surface area contributed by atoms with Crippen LogP contribution in [0.5, 0.6) is 0 Å². The highest BCUT2D eigenvalue weighted by Crippen LogP contribution is 2.44. The highest BCUT2D eigenvalue weighted by atomic mass is 14.2. The first-order valence-electron chi connectivity index (χ1n) is 15.2. The lowest BCUT2D eigenvalue weighted by Crippen LogP contribution is -2.22. The summed E-state index contributed by atoms with van der Waals surface area (Å²) in [5, 5.41) is 10.4. The van der Waals surface area contributed by atoms with E-state index in [0.29, 0.717) is 5.92 Å². The van der Waals surface area contributed by atoms with Crippen LogP contribution in [0.15, 0.2) is 121 Å². The molecule has 0 N–H and O–H groups in total. The van der Waals surface area contributed by atoms with E-state index in [-0.39, 0.29) is 0 Å². The van der Waals surface area contributed by atoms with Gasteiger partial charge in [-0.25, -0.2) is 0 Å². The zero-order valence-electron chi connectivity index (χ0n) is 24.7. The van der Waals surface area contributed by atoms with E-state index in [1.165, 1.54) is 76.2 Å². The van der Waals surface area contributed by atoms with Gasteiger partial charge in [-0.1, -0.05) is 129 Å². The van der Waals surface area contributed by atoms with E-state index < -0.39 is 0 Å². The van der Waals surface area contributed by atoms with Crippen LogP contribution in [0.1, 0.15) is 44.7 Å². The number of benzene rings is 6. The van der Waals surface area contributed by atoms with Gasteiger partial charge < -0.3 is 0 Å². The van der Waals surface area contributed by atoms with Crippen molar-refractivity contribution in [3.05, 3.63) is 143 Å². The van der Waals surface area contributed by atoms with Crippen LogP contribution in [0.2, 0.25) is 0 Å². The second-order valence-corrected chi connectivity index (χ2v) is 11.9. The van der Waals surface area contributed by atoms with Gasteiger partial charge in [0, 0.05) is 0 Å². The van der Waals surface area contributed by atoms with Crippen molar-refractivity contribution in [2.45, 2.75) is 33.6 Å². The maximum Gasteiger partial charge on any atom is -0.00261 e. The maximum absolute atomic E-state index is 2.47. The summed E-state index contributed by atoms with van der Waals surface area (Å²) in [6, 6.07) is 40.6. The highest BCUT2D eigenvalue weighted by Gasteiger charge is 2.19. The molecule has 0 heterocycles. The van der Waals surface area contributed by atoms with E-state index in [1.807, 2.05) is 0 Å². The van der Waals surface area contributed by atoms with E-state index in [2.05, 4.69) is 154 Å². The van der Waals surface area contributed by atoms with Crippen molar-refractivity contribution in [3.63, 3.8) is 0 Å². The zero-order chi connectivity index (χ0) is 28.6. The van der Waals surface area contributed by atoms with Crippen LogP contribution in [0.4, 0.5) is 0 Å².